The molecule has 0 radical (unpaired) electrons. The van der Waals surface area contributed by atoms with Crippen LogP contribution in [0.25, 0.3) is 0 Å². The molecule has 1 saturated heterocycles. The highest BCUT2D eigenvalue weighted by atomic mass is 19.1. The Kier molecular flexibility index (Phi) is 4.12. The lowest BCUT2D eigenvalue weighted by Crippen LogP contribution is -2.62. The van der Waals surface area contributed by atoms with Crippen LogP contribution in [0.5, 0.6) is 0 Å². The SMILES string of the molecule is CC(NC1C2CC3CC1CC(F)(C3)C2)C(=O)NCC1CCCO1. The Hall–Kier alpha value is -0.680. The van der Waals surface area contributed by atoms with Crippen molar-refractivity contribution in [2.24, 2.45) is 17.8 Å². The van der Waals surface area contributed by atoms with Crippen molar-refractivity contribution >= 4 is 5.91 Å². The molecular formula is C18H29FN2O2. The highest BCUT2D eigenvalue weighted by molar-refractivity contribution is 5.81. The molecule has 5 aliphatic rings. The van der Waals surface area contributed by atoms with Gasteiger partial charge in [0.25, 0.3) is 0 Å². The minimum atomic E-state index is -0.903. The number of halogens is 1. The number of alkyl halides is 1. The van der Waals surface area contributed by atoms with Crippen LogP contribution in [-0.4, -0.2) is 42.9 Å². The molecule has 23 heavy (non-hydrogen) atoms. The summed E-state index contributed by atoms with van der Waals surface area (Å²) >= 11 is 0. The van der Waals surface area contributed by atoms with Gasteiger partial charge in [0.2, 0.25) is 5.91 Å². The lowest BCUT2D eigenvalue weighted by Gasteiger charge is -2.57. The van der Waals surface area contributed by atoms with Gasteiger partial charge in [0.05, 0.1) is 12.1 Å². The van der Waals surface area contributed by atoms with E-state index in [-0.39, 0.29) is 18.1 Å². The van der Waals surface area contributed by atoms with Crippen molar-refractivity contribution in [1.29, 1.82) is 0 Å². The molecule has 0 spiro atoms. The van der Waals surface area contributed by atoms with Gasteiger partial charge in [-0.15, -0.1) is 0 Å². The summed E-state index contributed by atoms with van der Waals surface area (Å²) in [6.45, 7) is 3.35. The zero-order chi connectivity index (χ0) is 16.0. The van der Waals surface area contributed by atoms with E-state index in [0.29, 0.717) is 43.2 Å². The van der Waals surface area contributed by atoms with Gasteiger partial charge in [-0.2, -0.15) is 0 Å². The molecule has 4 atom stereocenters. The maximum atomic E-state index is 14.7. The van der Waals surface area contributed by atoms with Gasteiger partial charge in [0.15, 0.2) is 0 Å². The Morgan fingerprint density at radius 3 is 2.65 bits per heavy atom. The van der Waals surface area contributed by atoms with Crippen molar-refractivity contribution in [3.8, 4) is 0 Å². The normalized spacial score (nSPS) is 46.1. The molecule has 1 aliphatic heterocycles. The highest BCUT2D eigenvalue weighted by Crippen LogP contribution is 2.57. The number of hydrogen-bond donors (Lipinski definition) is 2. The second kappa shape index (κ2) is 5.99. The number of hydrogen-bond acceptors (Lipinski definition) is 3. The van der Waals surface area contributed by atoms with Crippen LogP contribution < -0.4 is 10.6 Å². The third kappa shape index (κ3) is 3.14. The Morgan fingerprint density at radius 2 is 2.04 bits per heavy atom. The second-order valence-electron chi connectivity index (χ2n) is 8.42. The molecule has 1 heterocycles. The van der Waals surface area contributed by atoms with Crippen LogP contribution >= 0.6 is 0 Å². The van der Waals surface area contributed by atoms with Gasteiger partial charge in [-0.05, 0) is 69.6 Å². The summed E-state index contributed by atoms with van der Waals surface area (Å²) in [6.07, 6.45) is 6.77. The summed E-state index contributed by atoms with van der Waals surface area (Å²) in [6, 6.07) is 0.105. The van der Waals surface area contributed by atoms with E-state index in [4.69, 9.17) is 4.74 Å². The van der Waals surface area contributed by atoms with Gasteiger partial charge < -0.3 is 15.4 Å². The summed E-state index contributed by atoms with van der Waals surface area (Å²) in [7, 11) is 0. The fourth-order valence-electron chi connectivity index (χ4n) is 5.73. The number of carbonyl (C=O) groups excluding carboxylic acids is 1. The van der Waals surface area contributed by atoms with Crippen molar-refractivity contribution in [1.82, 2.24) is 10.6 Å². The number of rotatable bonds is 5. The van der Waals surface area contributed by atoms with Crippen LogP contribution in [-0.2, 0) is 9.53 Å². The van der Waals surface area contributed by atoms with E-state index in [1.165, 1.54) is 0 Å². The fraction of sp³-hybridized carbons (Fsp3) is 0.944. The van der Waals surface area contributed by atoms with E-state index in [1.54, 1.807) is 0 Å². The molecule has 1 amide bonds. The molecule has 4 nitrogen and oxygen atoms in total. The molecule has 0 aromatic carbocycles. The molecule has 4 unspecified atom stereocenters. The van der Waals surface area contributed by atoms with Gasteiger partial charge in [0, 0.05) is 19.2 Å². The lowest BCUT2D eigenvalue weighted by molar-refractivity contribution is -0.125. The van der Waals surface area contributed by atoms with Crippen LogP contribution in [0, 0.1) is 17.8 Å². The number of nitrogens with one attached hydrogen (secondary N) is 2. The van der Waals surface area contributed by atoms with E-state index in [0.717, 1.165) is 38.7 Å². The first-order valence-corrected chi connectivity index (χ1v) is 9.37. The highest BCUT2D eigenvalue weighted by Gasteiger charge is 2.56. The topological polar surface area (TPSA) is 50.4 Å². The number of carbonyl (C=O) groups is 1. The smallest absolute Gasteiger partial charge is 0.236 e. The van der Waals surface area contributed by atoms with Crippen molar-refractivity contribution in [2.75, 3.05) is 13.2 Å². The summed E-state index contributed by atoms with van der Waals surface area (Å²) in [5, 5.41) is 6.54. The lowest BCUT2D eigenvalue weighted by atomic mass is 9.53. The first-order chi connectivity index (χ1) is 11.0. The first-order valence-electron chi connectivity index (χ1n) is 9.37. The van der Waals surface area contributed by atoms with E-state index in [9.17, 15) is 9.18 Å². The van der Waals surface area contributed by atoms with Gasteiger partial charge >= 0.3 is 0 Å². The minimum absolute atomic E-state index is 0.0456. The zero-order valence-corrected chi connectivity index (χ0v) is 14.0. The quantitative estimate of drug-likeness (QED) is 0.815. The van der Waals surface area contributed by atoms with E-state index in [2.05, 4.69) is 10.6 Å². The zero-order valence-electron chi connectivity index (χ0n) is 14.0. The minimum Gasteiger partial charge on any atom is -0.376 e. The summed E-state index contributed by atoms with van der Waals surface area (Å²) in [5.74, 6) is 1.46. The van der Waals surface area contributed by atoms with Gasteiger partial charge in [-0.1, -0.05) is 0 Å². The number of ether oxygens (including phenoxy) is 1. The van der Waals surface area contributed by atoms with E-state index < -0.39 is 5.67 Å². The van der Waals surface area contributed by atoms with Crippen molar-refractivity contribution in [3.05, 3.63) is 0 Å². The maximum absolute atomic E-state index is 14.7. The van der Waals surface area contributed by atoms with E-state index >= 15 is 0 Å². The van der Waals surface area contributed by atoms with Gasteiger partial charge in [-0.3, -0.25) is 4.79 Å². The average molecular weight is 324 g/mol. The Labute approximate surface area is 137 Å². The molecule has 4 aliphatic carbocycles. The largest absolute Gasteiger partial charge is 0.376 e. The summed E-state index contributed by atoms with van der Waals surface area (Å²) < 4.78 is 20.3. The van der Waals surface area contributed by atoms with Crippen molar-refractivity contribution < 1.29 is 13.9 Å². The van der Waals surface area contributed by atoms with Crippen LogP contribution in [0.15, 0.2) is 0 Å². The Balaban J connectivity index is 1.30. The molecule has 0 aromatic heterocycles. The number of amides is 1. The predicted octanol–water partition coefficient (Wildman–Crippen LogP) is 2.18. The molecule has 4 bridgehead atoms. The van der Waals surface area contributed by atoms with Crippen LogP contribution in [0.1, 0.15) is 51.9 Å². The molecule has 0 aromatic rings. The molecule has 2 N–H and O–H groups in total. The molecule has 5 heteroatoms. The molecule has 130 valence electrons. The fourth-order valence-corrected chi connectivity index (χ4v) is 5.73. The Morgan fingerprint density at radius 1 is 1.30 bits per heavy atom. The second-order valence-corrected chi connectivity index (χ2v) is 8.42. The molecule has 4 saturated carbocycles. The standard InChI is InChI=1S/C18H29FN2O2/c1-11(17(22)20-10-15-3-2-4-23-15)21-16-13-5-12-6-14(16)9-18(19,7-12)8-13/h11-16,21H,2-10H2,1H3,(H,20,22). The maximum Gasteiger partial charge on any atom is 0.236 e. The average Bonchev–Trinajstić information content (AvgIpc) is 3.00. The molecule has 5 fully saturated rings. The van der Waals surface area contributed by atoms with Gasteiger partial charge in [-0.25, -0.2) is 4.39 Å². The first kappa shape index (κ1) is 15.8. The van der Waals surface area contributed by atoms with Crippen LogP contribution in [0.2, 0.25) is 0 Å². The molecular weight excluding hydrogens is 295 g/mol. The van der Waals surface area contributed by atoms with Crippen LogP contribution in [0.4, 0.5) is 4.39 Å². The third-order valence-electron chi connectivity index (χ3n) is 6.56. The third-order valence-corrected chi connectivity index (χ3v) is 6.56. The monoisotopic (exact) mass is 324 g/mol. The van der Waals surface area contributed by atoms with Crippen molar-refractivity contribution in [2.45, 2.75) is 75.7 Å². The van der Waals surface area contributed by atoms with Crippen molar-refractivity contribution in [3.63, 3.8) is 0 Å². The summed E-state index contributed by atoms with van der Waals surface area (Å²) in [5.41, 5.74) is -0.903. The van der Waals surface area contributed by atoms with Crippen LogP contribution in [0.3, 0.4) is 0 Å². The Bertz CT molecular complexity index is 450. The van der Waals surface area contributed by atoms with Gasteiger partial charge in [0.1, 0.15) is 5.67 Å². The van der Waals surface area contributed by atoms with E-state index in [1.807, 2.05) is 6.92 Å². The molecule has 5 rings (SSSR count). The predicted molar refractivity (Wildman–Crippen MR) is 85.8 cm³/mol. The summed E-state index contributed by atoms with van der Waals surface area (Å²) in [4.78, 5) is 12.3.